The summed E-state index contributed by atoms with van der Waals surface area (Å²) in [4.78, 5) is 11.4. The van der Waals surface area contributed by atoms with E-state index in [0.29, 0.717) is 0 Å². The van der Waals surface area contributed by atoms with Crippen LogP contribution in [0.2, 0.25) is 0 Å². The molecule has 0 amide bonds. The standard InChI is InChI=1S/C8H12NOP/c1-5-4-6(2)9(11)8(10)7(5)3/h4H,11H2,1-3H3. The molecule has 60 valence electrons. The van der Waals surface area contributed by atoms with Crippen molar-refractivity contribution in [2.45, 2.75) is 20.8 Å². The van der Waals surface area contributed by atoms with E-state index in [4.69, 9.17) is 0 Å². The summed E-state index contributed by atoms with van der Waals surface area (Å²) in [7, 11) is 2.41. The van der Waals surface area contributed by atoms with E-state index in [-0.39, 0.29) is 5.56 Å². The van der Waals surface area contributed by atoms with Gasteiger partial charge < -0.3 is 0 Å². The Hall–Kier alpha value is -0.620. The maximum Gasteiger partial charge on any atom is 0.256 e. The number of hydrogen-bond acceptors (Lipinski definition) is 1. The normalized spacial score (nSPS) is 10.2. The monoisotopic (exact) mass is 169 g/mol. The van der Waals surface area contributed by atoms with Gasteiger partial charge in [0.05, 0.1) is 0 Å². The van der Waals surface area contributed by atoms with E-state index < -0.39 is 0 Å². The number of nitrogens with zero attached hydrogens (tertiary/aromatic N) is 1. The number of hydrogen-bond donors (Lipinski definition) is 0. The highest BCUT2D eigenvalue weighted by Gasteiger charge is 2.01. The SMILES string of the molecule is Cc1cc(C)n(P)c(=O)c1C. The highest BCUT2D eigenvalue weighted by Crippen LogP contribution is 2.06. The second kappa shape index (κ2) is 2.78. The fourth-order valence-corrected chi connectivity index (χ4v) is 1.27. The van der Waals surface area contributed by atoms with Crippen molar-refractivity contribution < 1.29 is 0 Å². The summed E-state index contributed by atoms with van der Waals surface area (Å²) in [5.74, 6) is 0. The van der Waals surface area contributed by atoms with E-state index in [2.05, 4.69) is 9.39 Å². The molecule has 0 saturated carbocycles. The molecule has 0 aromatic carbocycles. The van der Waals surface area contributed by atoms with Gasteiger partial charge in [-0.2, -0.15) is 0 Å². The molecule has 0 N–H and O–H groups in total. The Kier molecular flexibility index (Phi) is 2.15. The van der Waals surface area contributed by atoms with Crippen molar-refractivity contribution in [1.29, 1.82) is 0 Å². The van der Waals surface area contributed by atoms with Crippen LogP contribution in [0, 0.1) is 20.8 Å². The largest absolute Gasteiger partial charge is 0.297 e. The molecule has 0 spiro atoms. The van der Waals surface area contributed by atoms with Crippen molar-refractivity contribution in [2.24, 2.45) is 0 Å². The topological polar surface area (TPSA) is 22.0 Å². The van der Waals surface area contributed by atoms with Crippen molar-refractivity contribution >= 4 is 9.39 Å². The predicted molar refractivity (Wildman–Crippen MR) is 50.0 cm³/mol. The van der Waals surface area contributed by atoms with E-state index in [9.17, 15) is 4.79 Å². The zero-order chi connectivity index (χ0) is 8.59. The van der Waals surface area contributed by atoms with Crippen LogP contribution in [-0.2, 0) is 0 Å². The van der Waals surface area contributed by atoms with Crippen LogP contribution in [-0.4, -0.2) is 4.34 Å². The quantitative estimate of drug-likeness (QED) is 0.538. The number of aryl methyl sites for hydroxylation is 2. The molecular formula is C8H12NOP. The molecule has 1 heterocycles. The van der Waals surface area contributed by atoms with Gasteiger partial charge in [-0.1, -0.05) is 0 Å². The van der Waals surface area contributed by atoms with Gasteiger partial charge in [-0.05, 0) is 41.8 Å². The van der Waals surface area contributed by atoms with Crippen LogP contribution in [0.5, 0.6) is 0 Å². The van der Waals surface area contributed by atoms with Gasteiger partial charge in [-0.3, -0.25) is 9.13 Å². The lowest BCUT2D eigenvalue weighted by Gasteiger charge is -2.06. The van der Waals surface area contributed by atoms with Crippen molar-refractivity contribution in [3.63, 3.8) is 0 Å². The average molecular weight is 169 g/mol. The molecule has 1 unspecified atom stereocenters. The summed E-state index contributed by atoms with van der Waals surface area (Å²) in [5.41, 5.74) is 2.94. The lowest BCUT2D eigenvalue weighted by Crippen LogP contribution is -2.18. The first-order chi connectivity index (χ1) is 5.04. The van der Waals surface area contributed by atoms with Gasteiger partial charge in [-0.25, -0.2) is 0 Å². The molecule has 2 nitrogen and oxygen atoms in total. The Morgan fingerprint density at radius 1 is 1.36 bits per heavy atom. The molecule has 0 fully saturated rings. The Morgan fingerprint density at radius 3 is 2.45 bits per heavy atom. The molecule has 3 heteroatoms. The predicted octanol–water partition coefficient (Wildman–Crippen LogP) is 1.41. The molecule has 1 aromatic heterocycles. The maximum absolute atomic E-state index is 11.4. The first kappa shape index (κ1) is 8.48. The van der Waals surface area contributed by atoms with Gasteiger partial charge in [0.25, 0.3) is 5.56 Å². The average Bonchev–Trinajstić information content (AvgIpc) is 1.97. The summed E-state index contributed by atoms with van der Waals surface area (Å²) in [6.07, 6.45) is 0. The smallest absolute Gasteiger partial charge is 0.256 e. The van der Waals surface area contributed by atoms with Gasteiger partial charge in [0.2, 0.25) is 0 Å². The second-order valence-electron chi connectivity index (χ2n) is 2.77. The zero-order valence-electron chi connectivity index (χ0n) is 7.01. The fraction of sp³-hybridized carbons (Fsp3) is 0.375. The summed E-state index contributed by atoms with van der Waals surface area (Å²) in [6, 6.07) is 2.00. The Balaban J connectivity index is 3.59. The number of rotatable bonds is 0. The van der Waals surface area contributed by atoms with Crippen molar-refractivity contribution in [2.75, 3.05) is 0 Å². The summed E-state index contributed by atoms with van der Waals surface area (Å²) in [6.45, 7) is 5.72. The molecular weight excluding hydrogens is 157 g/mol. The third-order valence-corrected chi connectivity index (χ3v) is 2.58. The first-order valence-electron chi connectivity index (χ1n) is 3.49. The van der Waals surface area contributed by atoms with Crippen molar-refractivity contribution in [3.05, 3.63) is 33.2 Å². The van der Waals surface area contributed by atoms with Crippen LogP contribution >= 0.6 is 9.39 Å². The Morgan fingerprint density at radius 2 is 1.91 bits per heavy atom. The zero-order valence-corrected chi connectivity index (χ0v) is 8.16. The molecule has 1 atom stereocenters. The van der Waals surface area contributed by atoms with E-state index >= 15 is 0 Å². The van der Waals surface area contributed by atoms with Crippen LogP contribution in [0.3, 0.4) is 0 Å². The highest BCUT2D eigenvalue weighted by atomic mass is 31.0. The molecule has 1 rings (SSSR count). The first-order valence-corrected chi connectivity index (χ1v) is 4.00. The third kappa shape index (κ3) is 1.36. The molecule has 0 bridgehead atoms. The van der Waals surface area contributed by atoms with Crippen LogP contribution < -0.4 is 5.56 Å². The Bertz CT molecular complexity index is 311. The lowest BCUT2D eigenvalue weighted by molar-refractivity contribution is 1.02. The second-order valence-corrected chi connectivity index (χ2v) is 3.29. The summed E-state index contributed by atoms with van der Waals surface area (Å²) < 4.78 is 1.59. The molecule has 1 aromatic rings. The van der Waals surface area contributed by atoms with E-state index in [1.54, 1.807) is 4.34 Å². The van der Waals surface area contributed by atoms with Crippen molar-refractivity contribution in [1.82, 2.24) is 4.34 Å². The number of pyridine rings is 1. The van der Waals surface area contributed by atoms with E-state index in [0.717, 1.165) is 16.8 Å². The van der Waals surface area contributed by atoms with Gasteiger partial charge in [0, 0.05) is 11.3 Å². The van der Waals surface area contributed by atoms with Gasteiger partial charge in [0.15, 0.2) is 0 Å². The van der Waals surface area contributed by atoms with Gasteiger partial charge in [-0.15, -0.1) is 0 Å². The van der Waals surface area contributed by atoms with Gasteiger partial charge in [0.1, 0.15) is 0 Å². The van der Waals surface area contributed by atoms with Crippen LogP contribution in [0.15, 0.2) is 10.9 Å². The molecule has 11 heavy (non-hydrogen) atoms. The molecule has 0 radical (unpaired) electrons. The number of aromatic nitrogens is 1. The Labute approximate surface area is 68.5 Å². The van der Waals surface area contributed by atoms with Crippen LogP contribution in [0.1, 0.15) is 16.8 Å². The molecule has 0 aliphatic heterocycles. The van der Waals surface area contributed by atoms with Gasteiger partial charge >= 0.3 is 0 Å². The lowest BCUT2D eigenvalue weighted by atomic mass is 10.1. The van der Waals surface area contributed by atoms with Crippen LogP contribution in [0.25, 0.3) is 0 Å². The summed E-state index contributed by atoms with van der Waals surface area (Å²) >= 11 is 0. The van der Waals surface area contributed by atoms with E-state index in [1.165, 1.54) is 0 Å². The molecule has 0 aliphatic carbocycles. The third-order valence-electron chi connectivity index (χ3n) is 1.94. The van der Waals surface area contributed by atoms with Crippen LogP contribution in [0.4, 0.5) is 0 Å². The minimum absolute atomic E-state index is 0.0764. The maximum atomic E-state index is 11.4. The van der Waals surface area contributed by atoms with Crippen molar-refractivity contribution in [3.8, 4) is 0 Å². The minimum Gasteiger partial charge on any atom is -0.297 e. The molecule has 0 saturated heterocycles. The summed E-state index contributed by atoms with van der Waals surface area (Å²) in [5, 5.41) is 0. The van der Waals surface area contributed by atoms with E-state index in [1.807, 2.05) is 26.8 Å². The molecule has 0 aliphatic rings. The fourth-order valence-electron chi connectivity index (χ4n) is 1.00. The highest BCUT2D eigenvalue weighted by molar-refractivity contribution is 7.14. The minimum atomic E-state index is 0.0764.